The van der Waals surface area contributed by atoms with Gasteiger partial charge in [0.15, 0.2) is 10.7 Å². The van der Waals surface area contributed by atoms with Crippen LogP contribution in [0.4, 0.5) is 0 Å². The maximum absolute atomic E-state index is 11.5. The quantitative estimate of drug-likeness (QED) is 0.628. The molecule has 0 radical (unpaired) electrons. The number of rotatable bonds is 6. The third kappa shape index (κ3) is 4.56. The van der Waals surface area contributed by atoms with Crippen LogP contribution in [0.5, 0.6) is 0 Å². The van der Waals surface area contributed by atoms with E-state index in [0.29, 0.717) is 6.42 Å². The van der Waals surface area contributed by atoms with E-state index < -0.39 is 0 Å². The number of hydrogen-bond acceptors (Lipinski definition) is 2. The molecule has 0 aliphatic carbocycles. The summed E-state index contributed by atoms with van der Waals surface area (Å²) in [7, 11) is 0. The fourth-order valence-corrected chi connectivity index (χ4v) is 2.13. The van der Waals surface area contributed by atoms with Gasteiger partial charge in [0.1, 0.15) is 6.04 Å². The molecule has 0 fully saturated rings. The van der Waals surface area contributed by atoms with Gasteiger partial charge in [-0.1, -0.05) is 18.5 Å². The molecule has 0 aliphatic rings. The second-order valence-electron chi connectivity index (χ2n) is 3.66. The van der Waals surface area contributed by atoms with Crippen molar-refractivity contribution in [2.45, 2.75) is 37.6 Å². The molecule has 0 aromatic heterocycles. The van der Waals surface area contributed by atoms with E-state index in [1.54, 1.807) is 0 Å². The molecular formula is C12H17ClNOS+. The highest BCUT2D eigenvalue weighted by atomic mass is 35.5. The number of Topliss-reactive ketones (excluding diaryl/α,β-unsaturated/α-hetero) is 1. The molecule has 2 nitrogen and oxygen atoms in total. The number of carbonyl (C=O) groups is 1. The summed E-state index contributed by atoms with van der Waals surface area (Å²) in [6.45, 7) is 3.92. The molecule has 1 aromatic rings. The van der Waals surface area contributed by atoms with Crippen LogP contribution >= 0.6 is 11.6 Å². The van der Waals surface area contributed by atoms with Crippen molar-refractivity contribution in [2.75, 3.05) is 0 Å². The molecule has 0 amide bonds. The molecule has 0 aliphatic heterocycles. The molecule has 0 saturated carbocycles. The number of benzene rings is 1. The maximum Gasteiger partial charge on any atom is 0.173 e. The van der Waals surface area contributed by atoms with Gasteiger partial charge in [0.05, 0.1) is 11.9 Å². The van der Waals surface area contributed by atoms with Gasteiger partial charge in [0, 0.05) is 11.4 Å². The Bertz CT molecular complexity index is 339. The number of ketones is 1. The van der Waals surface area contributed by atoms with Gasteiger partial charge in [-0.25, -0.2) is 0 Å². The molecular weight excluding hydrogens is 242 g/mol. The van der Waals surface area contributed by atoms with Gasteiger partial charge in [-0.3, -0.25) is 4.79 Å². The molecule has 88 valence electrons. The van der Waals surface area contributed by atoms with Gasteiger partial charge in [-0.15, -0.1) is 4.72 Å². The van der Waals surface area contributed by atoms with Crippen molar-refractivity contribution in [3.63, 3.8) is 0 Å². The lowest BCUT2D eigenvalue weighted by molar-refractivity contribution is -0.120. The Morgan fingerprint density at radius 3 is 2.62 bits per heavy atom. The monoisotopic (exact) mass is 258 g/mol. The van der Waals surface area contributed by atoms with Gasteiger partial charge in [0.2, 0.25) is 0 Å². The molecule has 1 N–H and O–H groups in total. The second kappa shape index (κ2) is 6.94. The second-order valence-corrected chi connectivity index (χ2v) is 5.09. The summed E-state index contributed by atoms with van der Waals surface area (Å²) in [5.41, 5.74) is 0. The molecule has 16 heavy (non-hydrogen) atoms. The van der Waals surface area contributed by atoms with Crippen molar-refractivity contribution in [1.29, 1.82) is 0 Å². The van der Waals surface area contributed by atoms with Crippen molar-refractivity contribution >= 4 is 29.3 Å². The van der Waals surface area contributed by atoms with Crippen LogP contribution in [0.3, 0.4) is 0 Å². The smallest absolute Gasteiger partial charge is 0.173 e. The minimum atomic E-state index is -0.0858. The van der Waals surface area contributed by atoms with Crippen molar-refractivity contribution in [3.05, 3.63) is 29.3 Å². The van der Waals surface area contributed by atoms with E-state index in [0.717, 1.165) is 28.3 Å². The van der Waals surface area contributed by atoms with Crippen LogP contribution in [0.2, 0.25) is 5.02 Å². The minimum absolute atomic E-state index is 0.0858. The molecule has 0 saturated heterocycles. The first-order chi connectivity index (χ1) is 7.63. The first kappa shape index (κ1) is 13.6. The Labute approximate surface area is 106 Å². The van der Waals surface area contributed by atoms with Crippen LogP contribution in [-0.4, -0.2) is 11.8 Å². The van der Waals surface area contributed by atoms with Crippen LogP contribution in [0.25, 0.3) is 0 Å². The zero-order valence-corrected chi connectivity index (χ0v) is 11.2. The number of thiol groups is 1. The first-order valence-corrected chi connectivity index (χ1v) is 6.65. The van der Waals surface area contributed by atoms with Gasteiger partial charge in [-0.2, -0.15) is 0 Å². The summed E-state index contributed by atoms with van der Waals surface area (Å²) in [6.07, 6.45) is 1.55. The first-order valence-electron chi connectivity index (χ1n) is 5.38. The van der Waals surface area contributed by atoms with Crippen LogP contribution in [-0.2, 0) is 16.7 Å². The van der Waals surface area contributed by atoms with Crippen LogP contribution in [0.15, 0.2) is 29.2 Å². The predicted octanol–water partition coefficient (Wildman–Crippen LogP) is 2.78. The summed E-state index contributed by atoms with van der Waals surface area (Å²) in [6, 6.07) is 7.52. The Kier molecular flexibility index (Phi) is 5.88. The van der Waals surface area contributed by atoms with Gasteiger partial charge < -0.3 is 0 Å². The van der Waals surface area contributed by atoms with E-state index in [2.05, 4.69) is 4.72 Å². The number of halogens is 1. The zero-order valence-electron chi connectivity index (χ0n) is 9.53. The lowest BCUT2D eigenvalue weighted by Crippen LogP contribution is -2.32. The van der Waals surface area contributed by atoms with E-state index >= 15 is 0 Å². The van der Waals surface area contributed by atoms with Crippen LogP contribution in [0.1, 0.15) is 26.7 Å². The summed E-state index contributed by atoms with van der Waals surface area (Å²) in [5.74, 6) is 0.268. The number of nitrogens with one attached hydrogen (secondary N) is 1. The molecule has 0 bridgehead atoms. The summed E-state index contributed by atoms with van der Waals surface area (Å²) < 4.78 is 3.18. The zero-order chi connectivity index (χ0) is 12.0. The summed E-state index contributed by atoms with van der Waals surface area (Å²) in [5, 5.41) is 0.731. The van der Waals surface area contributed by atoms with Crippen LogP contribution in [0, 0.1) is 0 Å². The van der Waals surface area contributed by atoms with E-state index in [4.69, 9.17) is 11.6 Å². The fourth-order valence-electron chi connectivity index (χ4n) is 1.22. The third-order valence-electron chi connectivity index (χ3n) is 2.19. The molecule has 0 heterocycles. The van der Waals surface area contributed by atoms with Crippen molar-refractivity contribution in [1.82, 2.24) is 4.72 Å². The van der Waals surface area contributed by atoms with E-state index in [1.807, 2.05) is 38.1 Å². The highest BCUT2D eigenvalue weighted by Gasteiger charge is 2.15. The number of carbonyl (C=O) groups excluding carboxylic acids is 1. The molecule has 1 rings (SSSR count). The van der Waals surface area contributed by atoms with E-state index in [1.165, 1.54) is 0 Å². The molecule has 1 atom stereocenters. The van der Waals surface area contributed by atoms with Crippen LogP contribution < -0.4 is 4.72 Å². The summed E-state index contributed by atoms with van der Waals surface area (Å²) >= 11 is 6.74. The molecule has 1 aromatic carbocycles. The summed E-state index contributed by atoms with van der Waals surface area (Å²) in [4.78, 5) is 12.6. The fraction of sp³-hybridized carbons (Fsp3) is 0.417. The Balaban J connectivity index is 2.39. The van der Waals surface area contributed by atoms with Crippen molar-refractivity contribution in [3.8, 4) is 0 Å². The highest BCUT2D eigenvalue weighted by Crippen LogP contribution is 2.10. The SMILES string of the molecule is CCCC(=O)C(C)N[SH+]c1ccc(Cl)cc1. The average molecular weight is 259 g/mol. The van der Waals surface area contributed by atoms with Crippen molar-refractivity contribution < 1.29 is 4.79 Å². The maximum atomic E-state index is 11.5. The highest BCUT2D eigenvalue weighted by molar-refractivity contribution is 7.76. The number of hydrogen-bond donors (Lipinski definition) is 1. The Hall–Kier alpha value is -0.510. The van der Waals surface area contributed by atoms with Crippen molar-refractivity contribution in [2.24, 2.45) is 0 Å². The van der Waals surface area contributed by atoms with Gasteiger partial charge >= 0.3 is 0 Å². The molecule has 4 heteroatoms. The standard InChI is InChI=1S/C12H16ClNOS/c1-3-4-12(15)9(2)14-16-11-7-5-10(13)6-8-11/h5-9,14H,3-4H2,1-2H3/p+1. The van der Waals surface area contributed by atoms with E-state index in [-0.39, 0.29) is 11.8 Å². The lowest BCUT2D eigenvalue weighted by atomic mass is 10.1. The Morgan fingerprint density at radius 1 is 1.44 bits per heavy atom. The van der Waals surface area contributed by atoms with Gasteiger partial charge in [-0.05, 0) is 37.6 Å². The lowest BCUT2D eigenvalue weighted by Gasteiger charge is -2.05. The average Bonchev–Trinajstić information content (AvgIpc) is 2.28. The normalized spacial score (nSPS) is 12.4. The molecule has 0 spiro atoms. The van der Waals surface area contributed by atoms with Gasteiger partial charge in [0.25, 0.3) is 0 Å². The predicted molar refractivity (Wildman–Crippen MR) is 71.0 cm³/mol. The Morgan fingerprint density at radius 2 is 2.06 bits per heavy atom. The topological polar surface area (TPSA) is 29.1 Å². The minimum Gasteiger partial charge on any atom is -0.298 e. The largest absolute Gasteiger partial charge is 0.298 e. The third-order valence-corrected chi connectivity index (χ3v) is 3.52. The molecule has 1 unspecified atom stereocenters. The van der Waals surface area contributed by atoms with E-state index in [9.17, 15) is 4.79 Å².